The molecule has 3 rings (SSSR count). The lowest BCUT2D eigenvalue weighted by atomic mass is 10.0. The number of amides is 2. The van der Waals surface area contributed by atoms with E-state index < -0.39 is 30.2 Å². The van der Waals surface area contributed by atoms with Gasteiger partial charge in [-0.25, -0.2) is 0 Å². The predicted molar refractivity (Wildman–Crippen MR) is 89.9 cm³/mol. The van der Waals surface area contributed by atoms with Crippen molar-refractivity contribution < 1.29 is 14.4 Å². The number of nitrogens with zero attached hydrogens (tertiary/aromatic N) is 4. The summed E-state index contributed by atoms with van der Waals surface area (Å²) in [6, 6.07) is 14.5. The van der Waals surface area contributed by atoms with Crippen molar-refractivity contribution in [3.63, 3.8) is 0 Å². The highest BCUT2D eigenvalue weighted by Gasteiger charge is 2.42. The minimum atomic E-state index is -1.01. The van der Waals surface area contributed by atoms with Crippen LogP contribution in [0.4, 0.5) is 0 Å². The summed E-state index contributed by atoms with van der Waals surface area (Å²) in [6.45, 7) is -0.415. The second-order valence-electron chi connectivity index (χ2n) is 5.59. The molecule has 0 unspecified atom stereocenters. The van der Waals surface area contributed by atoms with Gasteiger partial charge in [-0.05, 0) is 23.2 Å². The molecule has 124 valence electrons. The monoisotopic (exact) mass is 334 g/mol. The molecule has 0 spiro atoms. The molecule has 1 aliphatic heterocycles. The molecule has 2 aromatic rings. The summed E-state index contributed by atoms with van der Waals surface area (Å²) in [4.78, 5) is 41.4. The van der Waals surface area contributed by atoms with E-state index in [1.54, 1.807) is 24.3 Å². The van der Waals surface area contributed by atoms with E-state index in [9.17, 15) is 14.4 Å². The Labute approximate surface area is 143 Å². The van der Waals surface area contributed by atoms with Crippen LogP contribution in [-0.2, 0) is 11.2 Å². The Balaban J connectivity index is 1.97. The van der Waals surface area contributed by atoms with Crippen LogP contribution in [0.2, 0.25) is 0 Å². The Morgan fingerprint density at radius 1 is 1.00 bits per heavy atom. The van der Waals surface area contributed by atoms with Crippen molar-refractivity contribution in [3.8, 4) is 0 Å². The van der Waals surface area contributed by atoms with E-state index in [0.29, 0.717) is 0 Å². The van der Waals surface area contributed by atoms with Crippen LogP contribution in [0.25, 0.3) is 10.4 Å². The fourth-order valence-corrected chi connectivity index (χ4v) is 2.88. The van der Waals surface area contributed by atoms with Gasteiger partial charge in [0.1, 0.15) is 6.04 Å². The number of carbonyl (C=O) groups excluding carboxylic acids is 3. The van der Waals surface area contributed by atoms with Gasteiger partial charge in [0.2, 0.25) is 0 Å². The maximum absolute atomic E-state index is 12.7. The summed E-state index contributed by atoms with van der Waals surface area (Å²) < 4.78 is 0. The standard InChI is InChI=1S/C18H14N4O3/c19-21-20-11-16(23)15(10-12-6-2-1-3-7-12)22-17(24)13-8-4-5-9-14(13)18(22)25/h1-9,15H,10-11H2/t15-/m0/s1. The zero-order valence-electron chi connectivity index (χ0n) is 13.2. The molecular weight excluding hydrogens is 320 g/mol. The van der Waals surface area contributed by atoms with Crippen LogP contribution >= 0.6 is 0 Å². The van der Waals surface area contributed by atoms with Gasteiger partial charge >= 0.3 is 0 Å². The first-order valence-electron chi connectivity index (χ1n) is 7.68. The molecule has 2 aromatic carbocycles. The normalized spacial score (nSPS) is 14.0. The molecule has 0 radical (unpaired) electrons. The smallest absolute Gasteiger partial charge is 0.262 e. The lowest BCUT2D eigenvalue weighted by Crippen LogP contribution is -2.47. The van der Waals surface area contributed by atoms with E-state index in [4.69, 9.17) is 5.53 Å². The van der Waals surface area contributed by atoms with Crippen molar-refractivity contribution in [1.82, 2.24) is 4.90 Å². The average molecular weight is 334 g/mol. The number of carbonyl (C=O) groups is 3. The van der Waals surface area contributed by atoms with E-state index in [1.165, 1.54) is 0 Å². The molecule has 25 heavy (non-hydrogen) atoms. The van der Waals surface area contributed by atoms with Crippen LogP contribution in [0.3, 0.4) is 0 Å². The van der Waals surface area contributed by atoms with Gasteiger partial charge in [0.05, 0.1) is 17.7 Å². The maximum Gasteiger partial charge on any atom is 0.262 e. The first-order chi connectivity index (χ1) is 12.1. The van der Waals surface area contributed by atoms with Crippen molar-refractivity contribution >= 4 is 17.6 Å². The Kier molecular flexibility index (Phi) is 4.59. The van der Waals surface area contributed by atoms with Crippen LogP contribution in [0, 0.1) is 0 Å². The van der Waals surface area contributed by atoms with Gasteiger partial charge < -0.3 is 0 Å². The summed E-state index contributed by atoms with van der Waals surface area (Å²) in [7, 11) is 0. The second kappa shape index (κ2) is 6.98. The first kappa shape index (κ1) is 16.4. The number of rotatable bonds is 6. The van der Waals surface area contributed by atoms with Crippen LogP contribution < -0.4 is 0 Å². The number of imide groups is 1. The summed E-state index contributed by atoms with van der Waals surface area (Å²) in [5.41, 5.74) is 9.82. The summed E-state index contributed by atoms with van der Waals surface area (Å²) in [5.74, 6) is -1.48. The highest BCUT2D eigenvalue weighted by molar-refractivity contribution is 6.23. The Morgan fingerprint density at radius 3 is 2.12 bits per heavy atom. The molecule has 0 saturated heterocycles. The van der Waals surface area contributed by atoms with E-state index in [2.05, 4.69) is 10.0 Å². The maximum atomic E-state index is 12.7. The fraction of sp³-hybridized carbons (Fsp3) is 0.167. The number of fused-ring (bicyclic) bond motifs is 1. The highest BCUT2D eigenvalue weighted by Crippen LogP contribution is 2.26. The molecule has 1 heterocycles. The van der Waals surface area contributed by atoms with Gasteiger partial charge in [-0.15, -0.1) is 0 Å². The van der Waals surface area contributed by atoms with Gasteiger partial charge in [-0.1, -0.05) is 47.6 Å². The molecular formula is C18H14N4O3. The molecule has 1 aliphatic rings. The zero-order chi connectivity index (χ0) is 17.8. The Morgan fingerprint density at radius 2 is 1.56 bits per heavy atom. The van der Waals surface area contributed by atoms with Crippen molar-refractivity contribution in [1.29, 1.82) is 0 Å². The SMILES string of the molecule is [N-]=[N+]=NCC(=O)[C@H](Cc1ccccc1)N1C(=O)c2ccccc2C1=O. The first-order valence-corrected chi connectivity index (χ1v) is 7.68. The van der Waals surface area contributed by atoms with Crippen LogP contribution in [0.15, 0.2) is 59.7 Å². The van der Waals surface area contributed by atoms with E-state index in [0.717, 1.165) is 10.5 Å². The third-order valence-electron chi connectivity index (χ3n) is 4.07. The fourth-order valence-electron chi connectivity index (χ4n) is 2.88. The zero-order valence-corrected chi connectivity index (χ0v) is 13.2. The summed E-state index contributed by atoms with van der Waals surface area (Å²) in [5, 5.41) is 3.29. The third kappa shape index (κ3) is 3.13. The molecule has 0 saturated carbocycles. The minimum Gasteiger partial charge on any atom is -0.297 e. The molecule has 0 fully saturated rings. The molecule has 7 nitrogen and oxygen atoms in total. The number of Topliss-reactive ketones (excluding diaryl/α,β-unsaturated/α-hetero) is 1. The Bertz CT molecular complexity index is 853. The number of ketones is 1. The molecule has 0 bridgehead atoms. The quantitative estimate of drug-likeness (QED) is 0.351. The van der Waals surface area contributed by atoms with Gasteiger partial charge in [-0.3, -0.25) is 19.3 Å². The van der Waals surface area contributed by atoms with Crippen molar-refractivity contribution in [2.45, 2.75) is 12.5 Å². The van der Waals surface area contributed by atoms with Crippen molar-refractivity contribution in [2.75, 3.05) is 6.54 Å². The highest BCUT2D eigenvalue weighted by atomic mass is 16.2. The summed E-state index contributed by atoms with van der Waals surface area (Å²) in [6.07, 6.45) is 0.173. The topological polar surface area (TPSA) is 103 Å². The van der Waals surface area contributed by atoms with Crippen LogP contribution in [0.1, 0.15) is 26.3 Å². The Hall–Kier alpha value is -3.44. The molecule has 0 aromatic heterocycles. The third-order valence-corrected chi connectivity index (χ3v) is 4.07. The second-order valence-corrected chi connectivity index (χ2v) is 5.59. The molecule has 0 aliphatic carbocycles. The lowest BCUT2D eigenvalue weighted by molar-refractivity contribution is -0.121. The largest absolute Gasteiger partial charge is 0.297 e. The van der Waals surface area contributed by atoms with Gasteiger partial charge in [0, 0.05) is 11.3 Å². The molecule has 7 heteroatoms. The average Bonchev–Trinajstić information content (AvgIpc) is 2.90. The van der Waals surface area contributed by atoms with Gasteiger partial charge in [0.25, 0.3) is 11.8 Å². The lowest BCUT2D eigenvalue weighted by Gasteiger charge is -2.24. The van der Waals surface area contributed by atoms with Crippen molar-refractivity contribution in [3.05, 3.63) is 81.7 Å². The number of hydrogen-bond acceptors (Lipinski definition) is 4. The van der Waals surface area contributed by atoms with Crippen molar-refractivity contribution in [2.24, 2.45) is 5.11 Å². The van der Waals surface area contributed by atoms with E-state index in [-0.39, 0.29) is 17.5 Å². The van der Waals surface area contributed by atoms with Crippen LogP contribution in [0.5, 0.6) is 0 Å². The minimum absolute atomic E-state index is 0.173. The van der Waals surface area contributed by atoms with Gasteiger partial charge in [0.15, 0.2) is 5.78 Å². The molecule has 2 amide bonds. The summed E-state index contributed by atoms with van der Waals surface area (Å²) >= 11 is 0. The number of hydrogen-bond donors (Lipinski definition) is 0. The number of azide groups is 1. The number of benzene rings is 2. The van der Waals surface area contributed by atoms with Crippen LogP contribution in [-0.4, -0.2) is 35.1 Å². The van der Waals surface area contributed by atoms with Gasteiger partial charge in [-0.2, -0.15) is 0 Å². The van der Waals surface area contributed by atoms with E-state index >= 15 is 0 Å². The molecule has 0 N–H and O–H groups in total. The predicted octanol–water partition coefficient (Wildman–Crippen LogP) is 2.77. The van der Waals surface area contributed by atoms with E-state index in [1.807, 2.05) is 30.3 Å². The molecule has 1 atom stereocenters.